The summed E-state index contributed by atoms with van der Waals surface area (Å²) in [6, 6.07) is -0.189. The quantitative estimate of drug-likeness (QED) is 0.875. The molecule has 0 unspecified atom stereocenters. The molecule has 1 aliphatic rings. The number of amides is 2. The lowest BCUT2D eigenvalue weighted by Crippen LogP contribution is -2.36. The molecule has 2 amide bonds. The van der Waals surface area contributed by atoms with E-state index in [-0.39, 0.29) is 10.9 Å². The van der Waals surface area contributed by atoms with Crippen LogP contribution in [-0.4, -0.2) is 35.1 Å². The number of hydrogen-bond donors (Lipinski definition) is 2. The van der Waals surface area contributed by atoms with Crippen LogP contribution in [0, 0.1) is 6.92 Å². The van der Waals surface area contributed by atoms with E-state index in [1.54, 1.807) is 17.2 Å². The van der Waals surface area contributed by atoms with E-state index in [1.807, 2.05) is 0 Å². The number of aromatic carboxylic acids is 1. The molecule has 6 heteroatoms. The van der Waals surface area contributed by atoms with Crippen LogP contribution < -0.4 is 5.32 Å². The van der Waals surface area contributed by atoms with E-state index in [0.29, 0.717) is 5.69 Å². The summed E-state index contributed by atoms with van der Waals surface area (Å²) in [6.45, 7) is 3.30. The van der Waals surface area contributed by atoms with E-state index in [1.165, 1.54) is 0 Å². The second-order valence-corrected chi connectivity index (χ2v) is 5.64. The van der Waals surface area contributed by atoms with Gasteiger partial charge in [-0.05, 0) is 30.7 Å². The maximum atomic E-state index is 12.2. The van der Waals surface area contributed by atoms with Crippen molar-refractivity contribution in [1.29, 1.82) is 0 Å². The van der Waals surface area contributed by atoms with Crippen LogP contribution in [0.25, 0.3) is 0 Å². The summed E-state index contributed by atoms with van der Waals surface area (Å²) in [4.78, 5) is 25.2. The van der Waals surface area contributed by atoms with E-state index in [4.69, 9.17) is 5.11 Å². The highest BCUT2D eigenvalue weighted by molar-refractivity contribution is 7.12. The van der Waals surface area contributed by atoms with Crippen molar-refractivity contribution < 1.29 is 14.7 Å². The Morgan fingerprint density at radius 1 is 1.26 bits per heavy atom. The topological polar surface area (TPSA) is 69.6 Å². The predicted molar refractivity (Wildman–Crippen MR) is 75.1 cm³/mol. The Morgan fingerprint density at radius 2 is 1.89 bits per heavy atom. The third-order valence-electron chi connectivity index (χ3n) is 3.29. The summed E-state index contributed by atoms with van der Waals surface area (Å²) in [5.74, 6) is -0.996. The second kappa shape index (κ2) is 6.06. The Morgan fingerprint density at radius 3 is 2.47 bits per heavy atom. The number of aryl methyl sites for hydroxylation is 1. The average Bonchev–Trinajstić information content (AvgIpc) is 2.60. The standard InChI is InChI=1S/C13H18N2O3S/c1-9-8-19-11(12(16)17)10(9)14-13(18)15-6-4-2-3-5-7-15/h8H,2-7H2,1H3,(H,14,18)(H,16,17). The van der Waals surface area contributed by atoms with Gasteiger partial charge in [0.1, 0.15) is 4.88 Å². The number of carboxylic acid groups (broad SMARTS) is 1. The van der Waals surface area contributed by atoms with Gasteiger partial charge in [-0.1, -0.05) is 12.8 Å². The van der Waals surface area contributed by atoms with Crippen molar-refractivity contribution in [3.63, 3.8) is 0 Å². The van der Waals surface area contributed by atoms with Crippen molar-refractivity contribution in [3.05, 3.63) is 15.8 Å². The van der Waals surface area contributed by atoms with Crippen LogP contribution in [0.5, 0.6) is 0 Å². The summed E-state index contributed by atoms with van der Waals surface area (Å²) in [5.41, 5.74) is 1.23. The SMILES string of the molecule is Cc1csc(C(=O)O)c1NC(=O)N1CCCCCC1. The zero-order valence-electron chi connectivity index (χ0n) is 10.9. The lowest BCUT2D eigenvalue weighted by molar-refractivity contribution is 0.0703. The first-order valence-electron chi connectivity index (χ1n) is 6.47. The first kappa shape index (κ1) is 13.9. The third kappa shape index (κ3) is 3.26. The van der Waals surface area contributed by atoms with Crippen LogP contribution in [0.2, 0.25) is 0 Å². The molecule has 2 heterocycles. The molecule has 1 saturated heterocycles. The Hall–Kier alpha value is -1.56. The number of urea groups is 1. The molecule has 1 aromatic rings. The molecule has 5 nitrogen and oxygen atoms in total. The summed E-state index contributed by atoms with van der Waals surface area (Å²) >= 11 is 1.14. The maximum Gasteiger partial charge on any atom is 0.348 e. The fourth-order valence-corrected chi connectivity index (χ4v) is 3.06. The minimum Gasteiger partial charge on any atom is -0.477 e. The summed E-state index contributed by atoms with van der Waals surface area (Å²) < 4.78 is 0. The Bertz CT molecular complexity index is 476. The van der Waals surface area contributed by atoms with Crippen molar-refractivity contribution in [3.8, 4) is 0 Å². The zero-order valence-corrected chi connectivity index (χ0v) is 11.8. The Balaban J connectivity index is 2.09. The maximum absolute atomic E-state index is 12.2. The van der Waals surface area contributed by atoms with Crippen LogP contribution in [0.4, 0.5) is 10.5 Å². The number of likely N-dealkylation sites (tertiary alicyclic amines) is 1. The highest BCUT2D eigenvalue weighted by atomic mass is 32.1. The number of thiophene rings is 1. The number of nitrogens with one attached hydrogen (secondary N) is 1. The molecule has 0 aromatic carbocycles. The van der Waals surface area contributed by atoms with E-state index in [9.17, 15) is 9.59 Å². The number of anilines is 1. The number of carbonyl (C=O) groups excluding carboxylic acids is 1. The molecule has 0 spiro atoms. The monoisotopic (exact) mass is 282 g/mol. The molecule has 0 saturated carbocycles. The van der Waals surface area contributed by atoms with Gasteiger partial charge in [0.25, 0.3) is 0 Å². The van der Waals surface area contributed by atoms with Crippen LogP contribution in [0.3, 0.4) is 0 Å². The van der Waals surface area contributed by atoms with E-state index < -0.39 is 5.97 Å². The van der Waals surface area contributed by atoms with Gasteiger partial charge in [0, 0.05) is 13.1 Å². The van der Waals surface area contributed by atoms with Crippen molar-refractivity contribution in [1.82, 2.24) is 4.90 Å². The van der Waals surface area contributed by atoms with Gasteiger partial charge in [0.2, 0.25) is 0 Å². The molecule has 1 aromatic heterocycles. The Labute approximate surface area is 116 Å². The molecule has 0 aliphatic carbocycles. The number of rotatable bonds is 2. The van der Waals surface area contributed by atoms with Crippen molar-refractivity contribution in [2.24, 2.45) is 0 Å². The molecule has 1 aliphatic heterocycles. The summed E-state index contributed by atoms with van der Waals surface area (Å²) in [6.07, 6.45) is 4.34. The molecule has 19 heavy (non-hydrogen) atoms. The largest absolute Gasteiger partial charge is 0.477 e. The minimum absolute atomic E-state index is 0.189. The number of hydrogen-bond acceptors (Lipinski definition) is 3. The summed E-state index contributed by atoms with van der Waals surface area (Å²) in [5, 5.41) is 13.6. The minimum atomic E-state index is -0.996. The van der Waals surface area contributed by atoms with Gasteiger partial charge < -0.3 is 15.3 Å². The zero-order chi connectivity index (χ0) is 13.8. The number of carboxylic acids is 1. The van der Waals surface area contributed by atoms with Crippen LogP contribution in [0.15, 0.2) is 5.38 Å². The van der Waals surface area contributed by atoms with Gasteiger partial charge in [0.05, 0.1) is 5.69 Å². The number of nitrogens with zero attached hydrogens (tertiary/aromatic N) is 1. The first-order chi connectivity index (χ1) is 9.09. The lowest BCUT2D eigenvalue weighted by atomic mass is 10.2. The third-order valence-corrected chi connectivity index (χ3v) is 4.38. The van der Waals surface area contributed by atoms with Crippen molar-refractivity contribution >= 4 is 29.0 Å². The fourth-order valence-electron chi connectivity index (χ4n) is 2.22. The second-order valence-electron chi connectivity index (χ2n) is 4.76. The first-order valence-corrected chi connectivity index (χ1v) is 7.35. The average molecular weight is 282 g/mol. The molecule has 0 atom stereocenters. The smallest absolute Gasteiger partial charge is 0.348 e. The molecular formula is C13H18N2O3S. The van der Waals surface area contributed by atoms with Gasteiger partial charge in [-0.3, -0.25) is 0 Å². The van der Waals surface area contributed by atoms with Gasteiger partial charge in [-0.15, -0.1) is 11.3 Å². The fraction of sp³-hybridized carbons (Fsp3) is 0.538. The van der Waals surface area contributed by atoms with Gasteiger partial charge >= 0.3 is 12.0 Å². The van der Waals surface area contributed by atoms with Crippen molar-refractivity contribution in [2.45, 2.75) is 32.6 Å². The summed E-state index contributed by atoms with van der Waals surface area (Å²) in [7, 11) is 0. The molecule has 104 valence electrons. The van der Waals surface area contributed by atoms with Crippen LogP contribution in [-0.2, 0) is 0 Å². The molecule has 0 bridgehead atoms. The molecule has 2 rings (SSSR count). The van der Waals surface area contributed by atoms with Gasteiger partial charge in [-0.25, -0.2) is 9.59 Å². The molecular weight excluding hydrogens is 264 g/mol. The predicted octanol–water partition coefficient (Wildman–Crippen LogP) is 3.16. The Kier molecular flexibility index (Phi) is 4.42. The number of carbonyl (C=O) groups is 2. The van der Waals surface area contributed by atoms with Gasteiger partial charge in [0.15, 0.2) is 0 Å². The van der Waals surface area contributed by atoms with Crippen molar-refractivity contribution in [2.75, 3.05) is 18.4 Å². The van der Waals surface area contributed by atoms with E-state index in [0.717, 1.165) is 55.7 Å². The molecule has 0 radical (unpaired) electrons. The molecule has 2 N–H and O–H groups in total. The highest BCUT2D eigenvalue weighted by Crippen LogP contribution is 2.28. The lowest BCUT2D eigenvalue weighted by Gasteiger charge is -2.21. The highest BCUT2D eigenvalue weighted by Gasteiger charge is 2.21. The van der Waals surface area contributed by atoms with E-state index in [2.05, 4.69) is 5.32 Å². The normalized spacial score (nSPS) is 15.9. The molecule has 1 fully saturated rings. The van der Waals surface area contributed by atoms with Crippen LogP contribution in [0.1, 0.15) is 40.9 Å². The van der Waals surface area contributed by atoms with Crippen LogP contribution >= 0.6 is 11.3 Å². The van der Waals surface area contributed by atoms with E-state index >= 15 is 0 Å². The van der Waals surface area contributed by atoms with Gasteiger partial charge in [-0.2, -0.15) is 0 Å².